The number of hydrogen-bond acceptors (Lipinski definition) is 6. The predicted octanol–water partition coefficient (Wildman–Crippen LogP) is 8.66. The third kappa shape index (κ3) is 5.98. The molecule has 0 atom stereocenters. The Morgan fingerprint density at radius 2 is 1.69 bits per heavy atom. The van der Waals surface area contributed by atoms with Crippen molar-refractivity contribution in [2.75, 3.05) is 6.61 Å². The van der Waals surface area contributed by atoms with Crippen molar-refractivity contribution in [3.63, 3.8) is 0 Å². The van der Waals surface area contributed by atoms with E-state index in [1.807, 2.05) is 74.6 Å². The zero-order valence-corrected chi connectivity index (χ0v) is 26.0. The second-order valence-corrected chi connectivity index (χ2v) is 16.7. The summed E-state index contributed by atoms with van der Waals surface area (Å²) < 4.78 is 17.9. The fraction of sp³-hybridized carbons (Fsp3) is 0.314. The van der Waals surface area contributed by atoms with Crippen molar-refractivity contribution < 1.29 is 23.2 Å². The molecule has 0 aliphatic carbocycles. The Kier molecular flexibility index (Phi) is 8.26. The second-order valence-electron chi connectivity index (χ2n) is 12.2. The molecule has 0 spiro atoms. The van der Waals surface area contributed by atoms with Gasteiger partial charge in [-0.3, -0.25) is 4.79 Å². The number of hydrogen-bond donors (Lipinski definition) is 1. The molecule has 7 heteroatoms. The lowest BCUT2D eigenvalue weighted by molar-refractivity contribution is 0.101. The maximum atomic E-state index is 14.0. The monoisotopic (exact) mass is 582 g/mol. The van der Waals surface area contributed by atoms with Crippen LogP contribution in [0.15, 0.2) is 86.4 Å². The molecule has 0 bridgehead atoms. The average molecular weight is 583 g/mol. The van der Waals surface area contributed by atoms with Crippen molar-refractivity contribution in [1.82, 2.24) is 0 Å². The van der Waals surface area contributed by atoms with Gasteiger partial charge in [-0.1, -0.05) is 69.2 Å². The van der Waals surface area contributed by atoms with Crippen LogP contribution in [0.25, 0.3) is 33.1 Å². The summed E-state index contributed by atoms with van der Waals surface area (Å²) in [6.07, 6.45) is 3.93. The summed E-state index contributed by atoms with van der Waals surface area (Å²) in [6, 6.07) is 21.8. The summed E-state index contributed by atoms with van der Waals surface area (Å²) in [6.45, 7) is 10.7. The van der Waals surface area contributed by atoms with E-state index in [-0.39, 0.29) is 16.6 Å². The quantitative estimate of drug-likeness (QED) is 0.0725. The zero-order chi connectivity index (χ0) is 30.1. The van der Waals surface area contributed by atoms with Crippen LogP contribution in [0.3, 0.4) is 0 Å². The van der Waals surface area contributed by atoms with Crippen LogP contribution in [0.1, 0.15) is 61.2 Å². The van der Waals surface area contributed by atoms with E-state index in [1.54, 1.807) is 12.1 Å². The molecule has 0 aliphatic rings. The molecular formula is C35H38O6Si. The standard InChI is InChI=1S/C35H38O6Si/c1-23-21-29(36)41-33-27(23)17-18-28-31(33)30(24-13-8-6-9-14-24)34(40-28)32(37)25-15-12-16-26(22-25)39-20-11-7-10-19-35(2,3)42(4,5)38/h6,8-9,12-18,21-22,38H,7,10-11,19-20H2,1-5H3. The molecule has 5 aromatic rings. The van der Waals surface area contributed by atoms with Gasteiger partial charge >= 0.3 is 5.63 Å². The summed E-state index contributed by atoms with van der Waals surface area (Å²) in [5, 5.41) is 1.37. The van der Waals surface area contributed by atoms with E-state index < -0.39 is 13.9 Å². The van der Waals surface area contributed by atoms with E-state index in [4.69, 9.17) is 13.6 Å². The summed E-state index contributed by atoms with van der Waals surface area (Å²) in [5.41, 5.74) is 3.06. The van der Waals surface area contributed by atoms with Crippen LogP contribution in [-0.2, 0) is 0 Å². The molecular weight excluding hydrogens is 544 g/mol. The lowest BCUT2D eigenvalue weighted by Crippen LogP contribution is -2.38. The Balaban J connectivity index is 1.40. The molecule has 0 saturated heterocycles. The van der Waals surface area contributed by atoms with E-state index in [0.29, 0.717) is 40.0 Å². The van der Waals surface area contributed by atoms with Gasteiger partial charge in [-0.15, -0.1) is 0 Å². The van der Waals surface area contributed by atoms with Gasteiger partial charge in [-0.2, -0.15) is 0 Å². The Hall–Kier alpha value is -3.94. The Labute approximate surface area is 247 Å². The Morgan fingerprint density at radius 3 is 2.43 bits per heavy atom. The lowest BCUT2D eigenvalue weighted by Gasteiger charge is -2.35. The molecule has 3 aromatic carbocycles. The van der Waals surface area contributed by atoms with Gasteiger partial charge in [0.05, 0.1) is 12.0 Å². The third-order valence-corrected chi connectivity index (χ3v) is 12.1. The molecule has 6 nitrogen and oxygen atoms in total. The molecule has 0 aliphatic heterocycles. The first-order valence-corrected chi connectivity index (χ1v) is 17.5. The summed E-state index contributed by atoms with van der Waals surface area (Å²) in [7, 11) is -2.20. The van der Waals surface area contributed by atoms with Gasteiger partial charge in [-0.25, -0.2) is 4.79 Å². The fourth-order valence-electron chi connectivity index (χ4n) is 5.20. The van der Waals surface area contributed by atoms with Crippen molar-refractivity contribution in [1.29, 1.82) is 0 Å². The minimum atomic E-state index is -2.20. The molecule has 0 radical (unpaired) electrons. The van der Waals surface area contributed by atoms with Crippen LogP contribution in [0.2, 0.25) is 18.1 Å². The second kappa shape index (κ2) is 11.7. The molecule has 1 N–H and O–H groups in total. The van der Waals surface area contributed by atoms with E-state index in [0.717, 1.165) is 42.2 Å². The number of carbonyl (C=O) groups excluding carboxylic acids is 1. The predicted molar refractivity (Wildman–Crippen MR) is 170 cm³/mol. The average Bonchev–Trinajstić information content (AvgIpc) is 3.34. The fourth-order valence-corrected chi connectivity index (χ4v) is 5.99. The van der Waals surface area contributed by atoms with E-state index >= 15 is 0 Å². The van der Waals surface area contributed by atoms with Crippen LogP contribution in [-0.4, -0.2) is 25.5 Å². The number of fused-ring (bicyclic) bond motifs is 3. The zero-order valence-electron chi connectivity index (χ0n) is 25.0. The molecule has 0 saturated carbocycles. The van der Waals surface area contributed by atoms with Crippen LogP contribution >= 0.6 is 0 Å². The van der Waals surface area contributed by atoms with Crippen molar-refractivity contribution in [2.24, 2.45) is 0 Å². The molecule has 42 heavy (non-hydrogen) atoms. The highest BCUT2D eigenvalue weighted by Crippen LogP contribution is 2.41. The summed E-state index contributed by atoms with van der Waals surface area (Å²) in [4.78, 5) is 36.8. The van der Waals surface area contributed by atoms with Crippen molar-refractivity contribution in [3.8, 4) is 16.9 Å². The lowest BCUT2D eigenvalue weighted by atomic mass is 9.96. The topological polar surface area (TPSA) is 89.9 Å². The SMILES string of the molecule is Cc1cc(=O)oc2c1ccc1oc(C(=O)c3cccc(OCCCCCC(C)(C)[Si](C)(C)O)c3)c(-c3ccccc3)c12. The molecule has 5 rings (SSSR count). The maximum Gasteiger partial charge on any atom is 0.336 e. The number of benzene rings is 3. The first-order valence-electron chi connectivity index (χ1n) is 14.5. The van der Waals surface area contributed by atoms with Gasteiger partial charge in [0.1, 0.15) is 16.9 Å². The molecule has 2 heterocycles. The maximum absolute atomic E-state index is 14.0. The number of unbranched alkanes of at least 4 members (excludes halogenated alkanes) is 2. The van der Waals surface area contributed by atoms with Crippen LogP contribution in [0.4, 0.5) is 0 Å². The van der Waals surface area contributed by atoms with Gasteiger partial charge in [0, 0.05) is 22.6 Å². The number of furan rings is 1. The summed E-state index contributed by atoms with van der Waals surface area (Å²) >= 11 is 0. The minimum absolute atomic E-state index is 0.0196. The van der Waals surface area contributed by atoms with Gasteiger partial charge < -0.3 is 18.4 Å². The number of ether oxygens (including phenoxy) is 1. The first-order chi connectivity index (χ1) is 20.0. The van der Waals surface area contributed by atoms with Gasteiger partial charge in [-0.05, 0) is 73.3 Å². The van der Waals surface area contributed by atoms with Gasteiger partial charge in [0.25, 0.3) is 0 Å². The Bertz CT molecular complexity index is 1790. The first kappa shape index (κ1) is 29.5. The van der Waals surface area contributed by atoms with Crippen molar-refractivity contribution in [3.05, 3.63) is 100 Å². The largest absolute Gasteiger partial charge is 0.494 e. The molecule has 0 amide bonds. The normalized spacial score (nSPS) is 12.2. The molecule has 0 unspecified atom stereocenters. The van der Waals surface area contributed by atoms with Crippen LogP contribution in [0.5, 0.6) is 5.75 Å². The summed E-state index contributed by atoms with van der Waals surface area (Å²) in [5.74, 6) is 0.522. The highest BCUT2D eigenvalue weighted by molar-refractivity contribution is 6.72. The van der Waals surface area contributed by atoms with Crippen molar-refractivity contribution in [2.45, 2.75) is 64.6 Å². The van der Waals surface area contributed by atoms with Gasteiger partial charge in [0.15, 0.2) is 14.1 Å². The van der Waals surface area contributed by atoms with E-state index in [1.165, 1.54) is 6.07 Å². The molecule has 2 aromatic heterocycles. The number of carbonyl (C=O) groups is 1. The number of ketones is 1. The molecule has 0 fully saturated rings. The van der Waals surface area contributed by atoms with Crippen LogP contribution in [0, 0.1) is 6.92 Å². The smallest absolute Gasteiger partial charge is 0.336 e. The van der Waals surface area contributed by atoms with Crippen LogP contribution < -0.4 is 10.4 Å². The number of rotatable bonds is 11. The Morgan fingerprint density at radius 1 is 0.929 bits per heavy atom. The molecule has 218 valence electrons. The van der Waals surface area contributed by atoms with E-state index in [9.17, 15) is 14.4 Å². The number of aryl methyl sites for hydroxylation is 1. The highest BCUT2D eigenvalue weighted by atomic mass is 28.4. The van der Waals surface area contributed by atoms with Gasteiger partial charge in [0.2, 0.25) is 5.78 Å². The minimum Gasteiger partial charge on any atom is -0.494 e. The van der Waals surface area contributed by atoms with Crippen molar-refractivity contribution >= 4 is 36.0 Å². The highest BCUT2D eigenvalue weighted by Gasteiger charge is 2.37. The van der Waals surface area contributed by atoms with E-state index in [2.05, 4.69) is 13.8 Å². The third-order valence-electron chi connectivity index (χ3n) is 8.51.